The van der Waals surface area contributed by atoms with Gasteiger partial charge in [0.2, 0.25) is 5.91 Å². The molecule has 0 aromatic heterocycles. The molecule has 1 unspecified atom stereocenters. The lowest BCUT2D eigenvalue weighted by molar-refractivity contribution is -0.119. The summed E-state index contributed by atoms with van der Waals surface area (Å²) < 4.78 is 5.18. The summed E-state index contributed by atoms with van der Waals surface area (Å²) in [5, 5.41) is 3.09. The third kappa shape index (κ3) is 4.26. The van der Waals surface area contributed by atoms with E-state index in [9.17, 15) is 4.79 Å². The number of ether oxygens (including phenoxy) is 1. The molecule has 2 aromatic carbocycles. The molecule has 3 nitrogen and oxygen atoms in total. The van der Waals surface area contributed by atoms with Crippen LogP contribution in [0.15, 0.2) is 54.6 Å². The number of rotatable bonds is 6. The average Bonchev–Trinajstić information content (AvgIpc) is 2.54. The molecule has 0 fully saturated rings. The Morgan fingerprint density at radius 1 is 1.10 bits per heavy atom. The summed E-state index contributed by atoms with van der Waals surface area (Å²) in [6.45, 7) is 0. The fraction of sp³-hybridized carbons (Fsp3) is 0.235. The summed E-state index contributed by atoms with van der Waals surface area (Å²) in [4.78, 5) is 12.0. The van der Waals surface area contributed by atoms with E-state index in [4.69, 9.17) is 4.74 Å². The van der Waals surface area contributed by atoms with Gasteiger partial charge in [-0.1, -0.05) is 42.5 Å². The summed E-state index contributed by atoms with van der Waals surface area (Å²) in [6, 6.07) is 17.6. The lowest BCUT2D eigenvalue weighted by Crippen LogP contribution is -2.30. The van der Waals surface area contributed by atoms with Gasteiger partial charge in [-0.15, -0.1) is 0 Å². The van der Waals surface area contributed by atoms with Gasteiger partial charge in [-0.25, -0.2) is 0 Å². The standard InChI is InChI=1S/C17H19NO2S/c1-20-15-10-8-14(9-11-15)17(18-16(19)12-21-2)13-6-4-3-5-7-13/h3-11,17H,12H2,1-2H3,(H,18,19). The Balaban J connectivity index is 2.28. The van der Waals surface area contributed by atoms with Crippen molar-refractivity contribution in [2.75, 3.05) is 19.1 Å². The van der Waals surface area contributed by atoms with Crippen molar-refractivity contribution in [3.05, 3.63) is 65.7 Å². The molecule has 1 N–H and O–H groups in total. The highest BCUT2D eigenvalue weighted by Crippen LogP contribution is 2.24. The first-order valence-electron chi connectivity index (χ1n) is 6.72. The van der Waals surface area contributed by atoms with Crippen molar-refractivity contribution in [2.24, 2.45) is 0 Å². The summed E-state index contributed by atoms with van der Waals surface area (Å²) in [6.07, 6.45) is 1.92. The zero-order valence-electron chi connectivity index (χ0n) is 12.2. The van der Waals surface area contributed by atoms with Crippen molar-refractivity contribution in [2.45, 2.75) is 6.04 Å². The number of carbonyl (C=O) groups excluding carboxylic acids is 1. The first-order chi connectivity index (χ1) is 10.2. The second kappa shape index (κ2) is 7.74. The highest BCUT2D eigenvalue weighted by Gasteiger charge is 2.16. The van der Waals surface area contributed by atoms with Gasteiger partial charge in [0.05, 0.1) is 18.9 Å². The van der Waals surface area contributed by atoms with Gasteiger partial charge < -0.3 is 10.1 Å². The van der Waals surface area contributed by atoms with E-state index in [1.165, 1.54) is 11.8 Å². The van der Waals surface area contributed by atoms with Crippen molar-refractivity contribution < 1.29 is 9.53 Å². The van der Waals surface area contributed by atoms with Crippen molar-refractivity contribution in [1.29, 1.82) is 0 Å². The predicted octanol–water partition coefficient (Wildman–Crippen LogP) is 3.26. The van der Waals surface area contributed by atoms with Crippen LogP contribution in [0.5, 0.6) is 5.75 Å². The predicted molar refractivity (Wildman–Crippen MR) is 87.8 cm³/mol. The number of hydrogen-bond donors (Lipinski definition) is 1. The van der Waals surface area contributed by atoms with Crippen LogP contribution in [0.4, 0.5) is 0 Å². The molecular weight excluding hydrogens is 282 g/mol. The van der Waals surface area contributed by atoms with Gasteiger partial charge in [0, 0.05) is 0 Å². The van der Waals surface area contributed by atoms with Crippen LogP contribution >= 0.6 is 11.8 Å². The maximum Gasteiger partial charge on any atom is 0.230 e. The van der Waals surface area contributed by atoms with Crippen LogP contribution in [-0.4, -0.2) is 25.0 Å². The van der Waals surface area contributed by atoms with Crippen LogP contribution in [0.3, 0.4) is 0 Å². The highest BCUT2D eigenvalue weighted by atomic mass is 32.2. The van der Waals surface area contributed by atoms with Gasteiger partial charge in [-0.3, -0.25) is 4.79 Å². The van der Waals surface area contributed by atoms with E-state index in [1.54, 1.807) is 7.11 Å². The van der Waals surface area contributed by atoms with Gasteiger partial charge in [0.15, 0.2) is 0 Å². The molecule has 0 spiro atoms. The second-order valence-corrected chi connectivity index (χ2v) is 5.48. The molecule has 110 valence electrons. The van der Waals surface area contributed by atoms with Crippen LogP contribution in [0, 0.1) is 0 Å². The Bertz CT molecular complexity index is 569. The second-order valence-electron chi connectivity index (χ2n) is 4.62. The van der Waals surface area contributed by atoms with Gasteiger partial charge >= 0.3 is 0 Å². The number of nitrogens with one attached hydrogen (secondary N) is 1. The Kier molecular flexibility index (Phi) is 5.69. The van der Waals surface area contributed by atoms with Gasteiger partial charge in [-0.2, -0.15) is 11.8 Å². The van der Waals surface area contributed by atoms with Crippen LogP contribution in [-0.2, 0) is 4.79 Å². The van der Waals surface area contributed by atoms with Crippen molar-refractivity contribution >= 4 is 17.7 Å². The van der Waals surface area contributed by atoms with E-state index in [1.807, 2.05) is 60.9 Å². The zero-order chi connectivity index (χ0) is 15.1. The van der Waals surface area contributed by atoms with E-state index in [0.29, 0.717) is 5.75 Å². The molecule has 0 aliphatic heterocycles. The molecule has 0 aliphatic rings. The average molecular weight is 301 g/mol. The van der Waals surface area contributed by atoms with Crippen molar-refractivity contribution in [3.8, 4) is 5.75 Å². The Morgan fingerprint density at radius 3 is 2.29 bits per heavy atom. The third-order valence-corrected chi connectivity index (χ3v) is 3.71. The zero-order valence-corrected chi connectivity index (χ0v) is 13.0. The molecule has 0 saturated carbocycles. The number of benzene rings is 2. The van der Waals surface area contributed by atoms with E-state index in [-0.39, 0.29) is 11.9 Å². The Hall–Kier alpha value is -1.94. The van der Waals surface area contributed by atoms with E-state index in [2.05, 4.69) is 5.32 Å². The largest absolute Gasteiger partial charge is 0.497 e. The minimum absolute atomic E-state index is 0.0344. The lowest BCUT2D eigenvalue weighted by Gasteiger charge is -2.20. The molecule has 4 heteroatoms. The van der Waals surface area contributed by atoms with Crippen LogP contribution in [0.2, 0.25) is 0 Å². The summed E-state index contributed by atoms with van der Waals surface area (Å²) >= 11 is 1.52. The Morgan fingerprint density at radius 2 is 1.71 bits per heavy atom. The number of amides is 1. The third-order valence-electron chi connectivity index (χ3n) is 3.16. The van der Waals surface area contributed by atoms with E-state index < -0.39 is 0 Å². The number of carbonyl (C=O) groups is 1. The topological polar surface area (TPSA) is 38.3 Å². The molecule has 21 heavy (non-hydrogen) atoms. The van der Waals surface area contributed by atoms with Crippen LogP contribution in [0.25, 0.3) is 0 Å². The molecule has 1 amide bonds. The summed E-state index contributed by atoms with van der Waals surface area (Å²) in [7, 11) is 1.64. The fourth-order valence-electron chi connectivity index (χ4n) is 2.13. The molecule has 0 heterocycles. The minimum atomic E-state index is -0.142. The first-order valence-corrected chi connectivity index (χ1v) is 8.11. The summed E-state index contributed by atoms with van der Waals surface area (Å²) in [5.74, 6) is 1.30. The molecule has 0 aliphatic carbocycles. The quantitative estimate of drug-likeness (QED) is 0.890. The van der Waals surface area contributed by atoms with Crippen molar-refractivity contribution in [3.63, 3.8) is 0 Å². The molecule has 2 aromatic rings. The minimum Gasteiger partial charge on any atom is -0.497 e. The van der Waals surface area contributed by atoms with Crippen molar-refractivity contribution in [1.82, 2.24) is 5.32 Å². The van der Waals surface area contributed by atoms with Crippen LogP contribution in [0.1, 0.15) is 17.2 Å². The SMILES string of the molecule is COc1ccc(C(NC(=O)CSC)c2ccccc2)cc1. The Labute approximate surface area is 129 Å². The normalized spacial score (nSPS) is 11.7. The van der Waals surface area contributed by atoms with E-state index in [0.717, 1.165) is 16.9 Å². The maximum absolute atomic E-state index is 12.0. The maximum atomic E-state index is 12.0. The van der Waals surface area contributed by atoms with Gasteiger partial charge in [0.1, 0.15) is 5.75 Å². The molecule has 0 saturated heterocycles. The fourth-order valence-corrected chi connectivity index (χ4v) is 2.48. The van der Waals surface area contributed by atoms with Gasteiger partial charge in [0.25, 0.3) is 0 Å². The van der Waals surface area contributed by atoms with Gasteiger partial charge in [-0.05, 0) is 29.5 Å². The number of thioether (sulfide) groups is 1. The molecule has 2 rings (SSSR count). The lowest BCUT2D eigenvalue weighted by atomic mass is 9.98. The number of hydrogen-bond acceptors (Lipinski definition) is 3. The van der Waals surface area contributed by atoms with Crippen LogP contribution < -0.4 is 10.1 Å². The molecule has 0 bridgehead atoms. The summed E-state index contributed by atoms with van der Waals surface area (Å²) in [5.41, 5.74) is 2.11. The van der Waals surface area contributed by atoms with E-state index >= 15 is 0 Å². The highest BCUT2D eigenvalue weighted by molar-refractivity contribution is 7.99. The first kappa shape index (κ1) is 15.4. The smallest absolute Gasteiger partial charge is 0.230 e. The molecular formula is C17H19NO2S. The number of methoxy groups -OCH3 is 1. The molecule has 0 radical (unpaired) electrons. The molecule has 1 atom stereocenters. The monoisotopic (exact) mass is 301 g/mol.